The Kier molecular flexibility index (Phi) is 3.87. The van der Waals surface area contributed by atoms with Crippen molar-refractivity contribution in [2.75, 3.05) is 12.5 Å². The maximum atomic E-state index is 6.03. The van der Waals surface area contributed by atoms with Gasteiger partial charge in [0.2, 0.25) is 5.28 Å². The second kappa shape index (κ2) is 5.63. The van der Waals surface area contributed by atoms with E-state index in [1.165, 1.54) is 11.8 Å². The lowest BCUT2D eigenvalue weighted by molar-refractivity contribution is 0.911. The monoisotopic (exact) mass is 322 g/mol. The van der Waals surface area contributed by atoms with Crippen LogP contribution in [0.3, 0.4) is 0 Å². The number of rotatable bonds is 3. The Morgan fingerprint density at radius 1 is 1.00 bits per heavy atom. The standard InChI is InChI=1S/C13H11ClN4S2/c1-19-11-9-10(16-12(14)17-11)18(13(15-9)20-2)8-6-4-3-5-7-8/h3-7H,1-2H3. The first-order valence-corrected chi connectivity index (χ1v) is 8.66. The third kappa shape index (κ3) is 2.28. The summed E-state index contributed by atoms with van der Waals surface area (Å²) in [5.41, 5.74) is 2.54. The molecule has 0 aliphatic carbocycles. The highest BCUT2D eigenvalue weighted by molar-refractivity contribution is 7.99. The summed E-state index contributed by atoms with van der Waals surface area (Å²) in [7, 11) is 0. The lowest BCUT2D eigenvalue weighted by Gasteiger charge is -2.06. The van der Waals surface area contributed by atoms with Crippen LogP contribution in [0, 0.1) is 0 Å². The molecule has 0 N–H and O–H groups in total. The van der Waals surface area contributed by atoms with Gasteiger partial charge in [-0.25, -0.2) is 9.97 Å². The quantitative estimate of drug-likeness (QED) is 0.415. The summed E-state index contributed by atoms with van der Waals surface area (Å²) in [6.07, 6.45) is 3.95. The maximum Gasteiger partial charge on any atom is 0.225 e. The van der Waals surface area contributed by atoms with Gasteiger partial charge in [0.05, 0.1) is 0 Å². The minimum Gasteiger partial charge on any atom is -0.271 e. The molecule has 7 heteroatoms. The summed E-state index contributed by atoms with van der Waals surface area (Å²) in [6.45, 7) is 0. The van der Waals surface area contributed by atoms with E-state index in [4.69, 9.17) is 11.6 Å². The smallest absolute Gasteiger partial charge is 0.225 e. The zero-order chi connectivity index (χ0) is 14.1. The van der Waals surface area contributed by atoms with Gasteiger partial charge in [0, 0.05) is 5.69 Å². The Morgan fingerprint density at radius 3 is 2.40 bits per heavy atom. The van der Waals surface area contributed by atoms with Gasteiger partial charge in [0.15, 0.2) is 10.8 Å². The fourth-order valence-corrected chi connectivity index (χ4v) is 3.26. The van der Waals surface area contributed by atoms with E-state index >= 15 is 0 Å². The van der Waals surface area contributed by atoms with Gasteiger partial charge in [-0.2, -0.15) is 4.98 Å². The maximum absolute atomic E-state index is 6.03. The Labute approximate surface area is 130 Å². The van der Waals surface area contributed by atoms with Gasteiger partial charge < -0.3 is 0 Å². The second-order valence-corrected chi connectivity index (χ2v) is 5.85. The number of hydrogen-bond donors (Lipinski definition) is 0. The van der Waals surface area contributed by atoms with E-state index in [1.54, 1.807) is 11.8 Å². The van der Waals surface area contributed by atoms with Crippen molar-refractivity contribution in [3.8, 4) is 5.69 Å². The van der Waals surface area contributed by atoms with Gasteiger partial charge in [-0.1, -0.05) is 30.0 Å². The number of fused-ring (bicyclic) bond motifs is 1. The summed E-state index contributed by atoms with van der Waals surface area (Å²) in [6, 6.07) is 10.0. The fourth-order valence-electron chi connectivity index (χ4n) is 1.98. The van der Waals surface area contributed by atoms with Gasteiger partial charge in [0.25, 0.3) is 0 Å². The normalized spacial score (nSPS) is 11.2. The molecule has 102 valence electrons. The largest absolute Gasteiger partial charge is 0.271 e. The SMILES string of the molecule is CSc1nc(Cl)nc2c1nc(SC)n2-c1ccccc1. The first kappa shape index (κ1) is 13.7. The molecule has 0 spiro atoms. The molecule has 3 rings (SSSR count). The van der Waals surface area contributed by atoms with Crippen LogP contribution in [0.5, 0.6) is 0 Å². The molecule has 0 radical (unpaired) electrons. The van der Waals surface area contributed by atoms with Gasteiger partial charge >= 0.3 is 0 Å². The van der Waals surface area contributed by atoms with Crippen LogP contribution in [0.15, 0.2) is 40.5 Å². The van der Waals surface area contributed by atoms with Crippen molar-refractivity contribution in [1.82, 2.24) is 19.5 Å². The Bertz CT molecular complexity index is 758. The zero-order valence-corrected chi connectivity index (χ0v) is 13.3. The zero-order valence-electron chi connectivity index (χ0n) is 10.9. The van der Waals surface area contributed by atoms with Crippen molar-refractivity contribution in [2.45, 2.75) is 10.2 Å². The van der Waals surface area contributed by atoms with E-state index in [0.717, 1.165) is 27.0 Å². The minimum absolute atomic E-state index is 0.242. The average Bonchev–Trinajstić information content (AvgIpc) is 2.85. The first-order valence-electron chi connectivity index (χ1n) is 5.84. The number of para-hydroxylation sites is 1. The Balaban J connectivity index is 2.38. The van der Waals surface area contributed by atoms with Gasteiger partial charge in [-0.05, 0) is 36.2 Å². The van der Waals surface area contributed by atoms with Crippen molar-refractivity contribution < 1.29 is 0 Å². The summed E-state index contributed by atoms with van der Waals surface area (Å²) in [5.74, 6) is 0. The highest BCUT2D eigenvalue weighted by atomic mass is 35.5. The van der Waals surface area contributed by atoms with Crippen molar-refractivity contribution in [1.29, 1.82) is 0 Å². The van der Waals surface area contributed by atoms with Gasteiger partial charge in [-0.3, -0.25) is 4.57 Å². The highest BCUT2D eigenvalue weighted by Crippen LogP contribution is 2.30. The van der Waals surface area contributed by atoms with Crippen LogP contribution in [0.4, 0.5) is 0 Å². The van der Waals surface area contributed by atoms with Crippen molar-refractivity contribution >= 4 is 46.3 Å². The third-order valence-electron chi connectivity index (χ3n) is 2.81. The lowest BCUT2D eigenvalue weighted by atomic mass is 10.3. The molecule has 0 aliphatic rings. The van der Waals surface area contributed by atoms with Crippen molar-refractivity contribution in [3.05, 3.63) is 35.6 Å². The summed E-state index contributed by atoms with van der Waals surface area (Å²) < 4.78 is 2.01. The van der Waals surface area contributed by atoms with Crippen LogP contribution in [-0.2, 0) is 0 Å². The van der Waals surface area contributed by atoms with Crippen LogP contribution in [0.25, 0.3) is 16.9 Å². The van der Waals surface area contributed by atoms with E-state index in [0.29, 0.717) is 0 Å². The number of thioether (sulfide) groups is 2. The van der Waals surface area contributed by atoms with Gasteiger partial charge in [-0.15, -0.1) is 11.8 Å². The lowest BCUT2D eigenvalue weighted by Crippen LogP contribution is -1.98. The molecule has 0 amide bonds. The van der Waals surface area contributed by atoms with E-state index in [1.807, 2.05) is 47.4 Å². The highest BCUT2D eigenvalue weighted by Gasteiger charge is 2.17. The molecule has 0 bridgehead atoms. The molecule has 0 aliphatic heterocycles. The number of halogens is 1. The molecule has 1 aromatic carbocycles. The van der Waals surface area contributed by atoms with Gasteiger partial charge in [0.1, 0.15) is 10.5 Å². The van der Waals surface area contributed by atoms with Crippen molar-refractivity contribution in [2.24, 2.45) is 0 Å². The number of benzene rings is 1. The fraction of sp³-hybridized carbons (Fsp3) is 0.154. The van der Waals surface area contributed by atoms with E-state index in [-0.39, 0.29) is 5.28 Å². The molecule has 0 fully saturated rings. The van der Waals surface area contributed by atoms with Crippen LogP contribution in [0.1, 0.15) is 0 Å². The molecular weight excluding hydrogens is 312 g/mol. The molecular formula is C13H11ClN4S2. The molecule has 20 heavy (non-hydrogen) atoms. The summed E-state index contributed by atoms with van der Waals surface area (Å²) in [4.78, 5) is 13.2. The molecule has 0 saturated heterocycles. The van der Waals surface area contributed by atoms with Crippen LogP contribution in [-0.4, -0.2) is 32.0 Å². The first-order chi connectivity index (χ1) is 9.74. The van der Waals surface area contributed by atoms with Crippen LogP contribution in [0.2, 0.25) is 5.28 Å². The van der Waals surface area contributed by atoms with E-state index in [2.05, 4.69) is 15.0 Å². The van der Waals surface area contributed by atoms with Crippen molar-refractivity contribution in [3.63, 3.8) is 0 Å². The molecule has 0 unspecified atom stereocenters. The Morgan fingerprint density at radius 2 is 1.75 bits per heavy atom. The number of nitrogens with zero attached hydrogens (tertiary/aromatic N) is 4. The number of imidazole rings is 1. The number of aromatic nitrogens is 4. The molecule has 2 heterocycles. The molecule has 3 aromatic rings. The summed E-state index contributed by atoms with van der Waals surface area (Å²) >= 11 is 9.12. The second-order valence-electron chi connectivity index (χ2n) is 3.94. The number of hydrogen-bond acceptors (Lipinski definition) is 5. The minimum atomic E-state index is 0.242. The predicted molar refractivity (Wildman–Crippen MR) is 85.2 cm³/mol. The Hall–Kier alpha value is -1.24. The molecule has 0 atom stereocenters. The van der Waals surface area contributed by atoms with Crippen LogP contribution < -0.4 is 0 Å². The van der Waals surface area contributed by atoms with E-state index in [9.17, 15) is 0 Å². The average molecular weight is 323 g/mol. The third-order valence-corrected chi connectivity index (χ3v) is 4.29. The van der Waals surface area contributed by atoms with Crippen LogP contribution >= 0.6 is 35.1 Å². The summed E-state index contributed by atoms with van der Waals surface area (Å²) in [5, 5.41) is 1.91. The predicted octanol–water partition coefficient (Wildman–Crippen LogP) is 3.91. The molecule has 2 aromatic heterocycles. The molecule has 0 saturated carbocycles. The molecule has 4 nitrogen and oxygen atoms in total. The topological polar surface area (TPSA) is 43.6 Å². The van der Waals surface area contributed by atoms with E-state index < -0.39 is 0 Å².